The highest BCUT2D eigenvalue weighted by atomic mass is 19.3. The molecular formula is C18H16F2N2O7. The van der Waals surface area contributed by atoms with Crippen LogP contribution in [0.2, 0.25) is 0 Å². The van der Waals surface area contributed by atoms with Crippen LogP contribution in [0.15, 0.2) is 42.5 Å². The Morgan fingerprint density at radius 3 is 2.55 bits per heavy atom. The summed E-state index contributed by atoms with van der Waals surface area (Å²) in [6.07, 6.45) is 0. The monoisotopic (exact) mass is 410 g/mol. The zero-order valence-electron chi connectivity index (χ0n) is 15.1. The molecule has 11 heteroatoms. The second kappa shape index (κ2) is 9.97. The van der Waals surface area contributed by atoms with Crippen LogP contribution >= 0.6 is 0 Å². The first kappa shape index (κ1) is 21.5. The molecule has 0 saturated carbocycles. The maximum absolute atomic E-state index is 12.4. The number of halogens is 2. The number of nitro benzene ring substituents is 1. The number of carbonyl (C=O) groups excluding carboxylic acids is 2. The number of nitrogens with zero attached hydrogens (tertiary/aromatic N) is 1. The topological polar surface area (TPSA) is 117 Å². The zero-order chi connectivity index (χ0) is 21.4. The fraction of sp³-hybridized carbons (Fsp3) is 0.222. The first-order valence-electron chi connectivity index (χ1n) is 8.23. The number of ether oxygens (including phenoxy) is 3. The van der Waals surface area contributed by atoms with E-state index in [1.165, 1.54) is 36.4 Å². The lowest BCUT2D eigenvalue weighted by Crippen LogP contribution is -2.21. The number of anilines is 1. The Morgan fingerprint density at radius 1 is 1.17 bits per heavy atom. The van der Waals surface area contributed by atoms with E-state index in [2.05, 4.69) is 10.1 Å². The van der Waals surface area contributed by atoms with Crippen LogP contribution in [0.4, 0.5) is 20.2 Å². The highest BCUT2D eigenvalue weighted by Gasteiger charge is 2.20. The Balaban J connectivity index is 2.01. The molecule has 1 amide bonds. The summed E-state index contributed by atoms with van der Waals surface area (Å²) in [4.78, 5) is 34.4. The SMILES string of the molecule is CCOc1ccc(C(=O)OCC(=O)Nc2ccccc2OC(F)F)cc1[N+](=O)[O-]. The summed E-state index contributed by atoms with van der Waals surface area (Å²) in [6.45, 7) is -1.99. The molecule has 1 N–H and O–H groups in total. The number of amides is 1. The summed E-state index contributed by atoms with van der Waals surface area (Å²) >= 11 is 0. The van der Waals surface area contributed by atoms with Crippen molar-refractivity contribution in [3.63, 3.8) is 0 Å². The van der Waals surface area contributed by atoms with E-state index < -0.39 is 35.7 Å². The molecule has 0 radical (unpaired) electrons. The summed E-state index contributed by atoms with van der Waals surface area (Å²) in [5, 5.41) is 13.4. The van der Waals surface area contributed by atoms with Crippen LogP contribution in [-0.4, -0.2) is 36.6 Å². The summed E-state index contributed by atoms with van der Waals surface area (Å²) in [6, 6.07) is 8.95. The molecule has 0 aromatic heterocycles. The van der Waals surface area contributed by atoms with Gasteiger partial charge >= 0.3 is 18.3 Å². The minimum Gasteiger partial charge on any atom is -0.487 e. The fourth-order valence-electron chi connectivity index (χ4n) is 2.23. The smallest absolute Gasteiger partial charge is 0.387 e. The molecule has 0 aliphatic rings. The Bertz CT molecular complexity index is 906. The maximum atomic E-state index is 12.4. The Hall–Kier alpha value is -3.76. The van der Waals surface area contributed by atoms with Gasteiger partial charge in [-0.25, -0.2) is 4.79 Å². The van der Waals surface area contributed by atoms with Crippen LogP contribution < -0.4 is 14.8 Å². The molecular weight excluding hydrogens is 394 g/mol. The summed E-state index contributed by atoms with van der Waals surface area (Å²) < 4.78 is 39.0. The van der Waals surface area contributed by atoms with Gasteiger partial charge in [0.2, 0.25) is 0 Å². The number of nitro groups is 1. The molecule has 0 atom stereocenters. The van der Waals surface area contributed by atoms with Crippen molar-refractivity contribution in [2.45, 2.75) is 13.5 Å². The van der Waals surface area contributed by atoms with E-state index in [-0.39, 0.29) is 29.4 Å². The van der Waals surface area contributed by atoms with Gasteiger partial charge in [-0.2, -0.15) is 8.78 Å². The molecule has 0 spiro atoms. The van der Waals surface area contributed by atoms with Crippen LogP contribution in [0, 0.1) is 10.1 Å². The summed E-state index contributed by atoms with van der Waals surface area (Å²) in [5.41, 5.74) is -0.622. The molecule has 2 rings (SSSR count). The van der Waals surface area contributed by atoms with Gasteiger partial charge in [0.05, 0.1) is 22.8 Å². The van der Waals surface area contributed by atoms with Crippen molar-refractivity contribution in [1.82, 2.24) is 0 Å². The standard InChI is InChI=1S/C18H16F2N2O7/c1-2-27-15-8-7-11(9-13(15)22(25)26)17(24)28-10-16(23)21-12-5-3-4-6-14(12)29-18(19)20/h3-9,18H,2,10H2,1H3,(H,21,23). The van der Waals surface area contributed by atoms with Gasteiger partial charge in [0.15, 0.2) is 12.4 Å². The minimum absolute atomic E-state index is 0.0116. The van der Waals surface area contributed by atoms with Crippen molar-refractivity contribution in [2.24, 2.45) is 0 Å². The van der Waals surface area contributed by atoms with Crippen LogP contribution in [0.5, 0.6) is 11.5 Å². The van der Waals surface area contributed by atoms with Crippen molar-refractivity contribution < 1.29 is 37.5 Å². The zero-order valence-corrected chi connectivity index (χ0v) is 15.1. The van der Waals surface area contributed by atoms with Crippen molar-refractivity contribution >= 4 is 23.3 Å². The van der Waals surface area contributed by atoms with E-state index in [9.17, 15) is 28.5 Å². The van der Waals surface area contributed by atoms with Crippen LogP contribution in [0.3, 0.4) is 0 Å². The third-order valence-corrected chi connectivity index (χ3v) is 3.40. The van der Waals surface area contributed by atoms with Gasteiger partial charge in [0.1, 0.15) is 5.75 Å². The van der Waals surface area contributed by atoms with Gasteiger partial charge in [-0.15, -0.1) is 0 Å². The molecule has 154 valence electrons. The first-order chi connectivity index (χ1) is 13.8. The largest absolute Gasteiger partial charge is 0.487 e. The second-order valence-electron chi connectivity index (χ2n) is 5.37. The molecule has 9 nitrogen and oxygen atoms in total. The van der Waals surface area contributed by atoms with Crippen LogP contribution in [0.25, 0.3) is 0 Å². The highest BCUT2D eigenvalue weighted by Crippen LogP contribution is 2.28. The molecule has 0 fully saturated rings. The van der Waals surface area contributed by atoms with E-state index in [4.69, 9.17) is 9.47 Å². The molecule has 2 aromatic carbocycles. The molecule has 0 aliphatic carbocycles. The minimum atomic E-state index is -3.08. The van der Waals surface area contributed by atoms with Crippen molar-refractivity contribution in [1.29, 1.82) is 0 Å². The average molecular weight is 410 g/mol. The predicted molar refractivity (Wildman–Crippen MR) is 96.3 cm³/mol. The highest BCUT2D eigenvalue weighted by molar-refractivity contribution is 5.96. The molecule has 2 aromatic rings. The van der Waals surface area contributed by atoms with Crippen LogP contribution in [0.1, 0.15) is 17.3 Å². The summed E-state index contributed by atoms with van der Waals surface area (Å²) in [7, 11) is 0. The lowest BCUT2D eigenvalue weighted by Gasteiger charge is -2.12. The number of carbonyl (C=O) groups is 2. The normalized spacial score (nSPS) is 10.3. The number of hydrogen-bond acceptors (Lipinski definition) is 7. The second-order valence-corrected chi connectivity index (χ2v) is 5.37. The van der Waals surface area contributed by atoms with Gasteiger partial charge in [-0.1, -0.05) is 12.1 Å². The predicted octanol–water partition coefficient (Wildman–Crippen LogP) is 3.39. The van der Waals surface area contributed by atoms with E-state index in [0.717, 1.165) is 6.07 Å². The molecule has 0 bridgehead atoms. The number of alkyl halides is 2. The number of para-hydroxylation sites is 2. The molecule has 0 aliphatic heterocycles. The Morgan fingerprint density at radius 2 is 1.90 bits per heavy atom. The fourth-order valence-corrected chi connectivity index (χ4v) is 2.23. The lowest BCUT2D eigenvalue weighted by atomic mass is 10.2. The number of nitrogens with one attached hydrogen (secondary N) is 1. The molecule has 0 unspecified atom stereocenters. The van der Waals surface area contributed by atoms with Gasteiger partial charge in [0.25, 0.3) is 5.91 Å². The first-order valence-corrected chi connectivity index (χ1v) is 8.23. The quantitative estimate of drug-likeness (QED) is 0.382. The van der Waals surface area contributed by atoms with E-state index in [0.29, 0.717) is 0 Å². The number of esters is 1. The van der Waals surface area contributed by atoms with Gasteiger partial charge in [0, 0.05) is 6.07 Å². The molecule has 0 saturated heterocycles. The molecule has 0 heterocycles. The number of rotatable bonds is 9. The number of benzene rings is 2. The van der Waals surface area contributed by atoms with Crippen LogP contribution in [-0.2, 0) is 9.53 Å². The van der Waals surface area contributed by atoms with Gasteiger partial charge in [-0.05, 0) is 31.2 Å². The van der Waals surface area contributed by atoms with E-state index in [1.807, 2.05) is 0 Å². The maximum Gasteiger partial charge on any atom is 0.387 e. The average Bonchev–Trinajstić information content (AvgIpc) is 2.67. The Kier molecular flexibility index (Phi) is 7.40. The third kappa shape index (κ3) is 6.13. The van der Waals surface area contributed by atoms with E-state index in [1.54, 1.807) is 6.92 Å². The van der Waals surface area contributed by atoms with Gasteiger partial charge < -0.3 is 19.5 Å². The summed E-state index contributed by atoms with van der Waals surface area (Å²) in [5.74, 6) is -2.07. The van der Waals surface area contributed by atoms with Gasteiger partial charge in [-0.3, -0.25) is 14.9 Å². The van der Waals surface area contributed by atoms with Crippen molar-refractivity contribution in [3.8, 4) is 11.5 Å². The lowest BCUT2D eigenvalue weighted by molar-refractivity contribution is -0.385. The molecule has 29 heavy (non-hydrogen) atoms. The van der Waals surface area contributed by atoms with E-state index >= 15 is 0 Å². The Labute approximate surface area is 163 Å². The third-order valence-electron chi connectivity index (χ3n) is 3.40. The van der Waals surface area contributed by atoms with Crippen molar-refractivity contribution in [3.05, 3.63) is 58.1 Å². The van der Waals surface area contributed by atoms with Crippen molar-refractivity contribution in [2.75, 3.05) is 18.5 Å². The number of hydrogen-bond donors (Lipinski definition) is 1.